The molecule has 0 spiro atoms. The number of piperidine rings is 1. The molecule has 1 aliphatic rings. The van der Waals surface area contributed by atoms with Crippen molar-refractivity contribution in [2.24, 2.45) is 5.92 Å². The smallest absolute Gasteiger partial charge is 0.256 e. The van der Waals surface area contributed by atoms with Gasteiger partial charge in [-0.05, 0) is 31.0 Å². The summed E-state index contributed by atoms with van der Waals surface area (Å²) < 4.78 is 14.4. The highest BCUT2D eigenvalue weighted by atomic mass is 79.9. The zero-order valence-corrected chi connectivity index (χ0v) is 12.7. The van der Waals surface area contributed by atoms with E-state index in [0.717, 1.165) is 0 Å². The number of nitrogens with one attached hydrogen (secondary N) is 1. The van der Waals surface area contributed by atoms with Crippen LogP contribution in [-0.4, -0.2) is 36.9 Å². The molecule has 1 N–H and O–H groups in total. The number of likely N-dealkylation sites (tertiary alicyclic amines) is 1. The van der Waals surface area contributed by atoms with E-state index < -0.39 is 5.82 Å². The summed E-state index contributed by atoms with van der Waals surface area (Å²) in [6.07, 6.45) is 1.22. The van der Waals surface area contributed by atoms with Gasteiger partial charge in [-0.2, -0.15) is 0 Å². The third-order valence-electron chi connectivity index (χ3n) is 3.56. The Bertz CT molecular complexity index is 528. The van der Waals surface area contributed by atoms with Crippen molar-refractivity contribution >= 4 is 27.7 Å². The summed E-state index contributed by atoms with van der Waals surface area (Å²) >= 11 is 3.24. The van der Waals surface area contributed by atoms with Crippen LogP contribution >= 0.6 is 15.9 Å². The van der Waals surface area contributed by atoms with Gasteiger partial charge in [-0.15, -0.1) is 0 Å². The van der Waals surface area contributed by atoms with E-state index in [9.17, 15) is 14.0 Å². The second-order valence-electron chi connectivity index (χ2n) is 4.80. The lowest BCUT2D eigenvalue weighted by Gasteiger charge is -2.31. The second-order valence-corrected chi connectivity index (χ2v) is 5.72. The summed E-state index contributed by atoms with van der Waals surface area (Å²) in [7, 11) is 1.61. The Balaban J connectivity index is 2.05. The maximum Gasteiger partial charge on any atom is 0.256 e. The van der Waals surface area contributed by atoms with Gasteiger partial charge in [0.15, 0.2) is 0 Å². The highest BCUT2D eigenvalue weighted by Gasteiger charge is 2.28. The Kier molecular flexibility index (Phi) is 4.75. The van der Waals surface area contributed by atoms with Crippen LogP contribution in [0.2, 0.25) is 0 Å². The molecule has 0 atom stereocenters. The number of carbonyl (C=O) groups is 2. The zero-order valence-electron chi connectivity index (χ0n) is 11.2. The maximum absolute atomic E-state index is 13.7. The number of hydrogen-bond acceptors (Lipinski definition) is 2. The highest BCUT2D eigenvalue weighted by Crippen LogP contribution is 2.22. The van der Waals surface area contributed by atoms with Gasteiger partial charge in [-0.1, -0.05) is 15.9 Å². The molecule has 0 radical (unpaired) electrons. The average Bonchev–Trinajstić information content (AvgIpc) is 2.48. The Hall–Kier alpha value is -1.43. The number of rotatable bonds is 2. The van der Waals surface area contributed by atoms with Gasteiger partial charge in [0, 0.05) is 30.5 Å². The Morgan fingerprint density at radius 2 is 2.00 bits per heavy atom. The van der Waals surface area contributed by atoms with Gasteiger partial charge in [-0.3, -0.25) is 9.59 Å². The second kappa shape index (κ2) is 6.35. The molecule has 4 nitrogen and oxygen atoms in total. The fourth-order valence-corrected chi connectivity index (χ4v) is 2.74. The SMILES string of the molecule is CNC(=O)C1CCN(C(=O)c2cc(Br)ccc2F)CC1. The topological polar surface area (TPSA) is 49.4 Å². The molecule has 2 amide bonds. The first-order valence-corrected chi connectivity index (χ1v) is 7.28. The molecule has 0 saturated carbocycles. The van der Waals surface area contributed by atoms with Crippen LogP contribution in [0.25, 0.3) is 0 Å². The first kappa shape index (κ1) is 15.0. The summed E-state index contributed by atoms with van der Waals surface area (Å²) in [5, 5.41) is 2.62. The summed E-state index contributed by atoms with van der Waals surface area (Å²) in [5.41, 5.74) is 0.0674. The Labute approximate surface area is 125 Å². The van der Waals surface area contributed by atoms with Crippen molar-refractivity contribution in [3.05, 3.63) is 34.1 Å². The minimum Gasteiger partial charge on any atom is -0.359 e. The first-order chi connectivity index (χ1) is 9.52. The molecule has 1 aromatic rings. The third-order valence-corrected chi connectivity index (χ3v) is 4.05. The number of carbonyl (C=O) groups excluding carboxylic acids is 2. The predicted octanol–water partition coefficient (Wildman–Crippen LogP) is 2.19. The van der Waals surface area contributed by atoms with Gasteiger partial charge in [-0.25, -0.2) is 4.39 Å². The molecule has 1 fully saturated rings. The summed E-state index contributed by atoms with van der Waals surface area (Å²) in [6, 6.07) is 4.32. The molecule has 1 saturated heterocycles. The van der Waals surface area contributed by atoms with Crippen LogP contribution in [0.4, 0.5) is 4.39 Å². The van der Waals surface area contributed by atoms with E-state index >= 15 is 0 Å². The van der Waals surface area contributed by atoms with Crippen molar-refractivity contribution in [3.8, 4) is 0 Å². The van der Waals surface area contributed by atoms with E-state index in [1.807, 2.05) is 0 Å². The van der Waals surface area contributed by atoms with Crippen LogP contribution in [0.15, 0.2) is 22.7 Å². The number of benzene rings is 1. The van der Waals surface area contributed by atoms with E-state index in [1.165, 1.54) is 12.1 Å². The lowest BCUT2D eigenvalue weighted by Crippen LogP contribution is -2.42. The standard InChI is InChI=1S/C14H16BrFN2O2/c1-17-13(19)9-4-6-18(7-5-9)14(20)11-8-10(15)2-3-12(11)16/h2-3,8-9H,4-7H2,1H3,(H,17,19). The molecule has 1 heterocycles. The fraction of sp³-hybridized carbons (Fsp3) is 0.429. The zero-order chi connectivity index (χ0) is 14.7. The lowest BCUT2D eigenvalue weighted by atomic mass is 9.95. The molecule has 0 aromatic heterocycles. The van der Waals surface area contributed by atoms with Gasteiger partial charge < -0.3 is 10.2 Å². The van der Waals surface area contributed by atoms with E-state index in [1.54, 1.807) is 18.0 Å². The quantitative estimate of drug-likeness (QED) is 0.895. The normalized spacial score (nSPS) is 16.1. The minimum absolute atomic E-state index is 0.00531. The van der Waals surface area contributed by atoms with Crippen LogP contribution in [0, 0.1) is 11.7 Å². The van der Waals surface area contributed by atoms with E-state index in [2.05, 4.69) is 21.2 Å². The molecule has 0 aliphatic carbocycles. The van der Waals surface area contributed by atoms with Gasteiger partial charge in [0.05, 0.1) is 5.56 Å². The fourth-order valence-electron chi connectivity index (χ4n) is 2.38. The molecule has 0 unspecified atom stereocenters. The molecule has 2 rings (SSSR count). The molecular formula is C14H16BrFN2O2. The van der Waals surface area contributed by atoms with Gasteiger partial charge >= 0.3 is 0 Å². The summed E-state index contributed by atoms with van der Waals surface area (Å²) in [5.74, 6) is -0.895. The van der Waals surface area contributed by atoms with Gasteiger partial charge in [0.25, 0.3) is 5.91 Å². The predicted molar refractivity (Wildman–Crippen MR) is 76.8 cm³/mol. The number of halogens is 2. The molecule has 108 valence electrons. The van der Waals surface area contributed by atoms with Crippen LogP contribution in [0.5, 0.6) is 0 Å². The largest absolute Gasteiger partial charge is 0.359 e. The third kappa shape index (κ3) is 3.17. The van der Waals surface area contributed by atoms with Gasteiger partial charge in [0.1, 0.15) is 5.82 Å². The van der Waals surface area contributed by atoms with Crippen molar-refractivity contribution < 1.29 is 14.0 Å². The minimum atomic E-state index is -0.522. The van der Waals surface area contributed by atoms with Crippen molar-refractivity contribution in [1.82, 2.24) is 10.2 Å². The molecule has 0 bridgehead atoms. The molecule has 6 heteroatoms. The molecule has 1 aliphatic heterocycles. The monoisotopic (exact) mass is 342 g/mol. The van der Waals surface area contributed by atoms with E-state index in [-0.39, 0.29) is 23.3 Å². The molecular weight excluding hydrogens is 327 g/mol. The first-order valence-electron chi connectivity index (χ1n) is 6.49. The lowest BCUT2D eigenvalue weighted by molar-refractivity contribution is -0.125. The van der Waals surface area contributed by atoms with Crippen LogP contribution < -0.4 is 5.32 Å². The average molecular weight is 343 g/mol. The number of hydrogen-bond donors (Lipinski definition) is 1. The number of nitrogens with zero attached hydrogens (tertiary/aromatic N) is 1. The van der Waals surface area contributed by atoms with Crippen LogP contribution in [0.1, 0.15) is 23.2 Å². The molecule has 1 aromatic carbocycles. The number of amides is 2. The van der Waals surface area contributed by atoms with Crippen molar-refractivity contribution in [1.29, 1.82) is 0 Å². The summed E-state index contributed by atoms with van der Waals surface area (Å²) in [6.45, 7) is 0.950. The summed E-state index contributed by atoms with van der Waals surface area (Å²) in [4.78, 5) is 25.4. The van der Waals surface area contributed by atoms with Gasteiger partial charge in [0.2, 0.25) is 5.91 Å². The van der Waals surface area contributed by atoms with Crippen molar-refractivity contribution in [2.75, 3.05) is 20.1 Å². The Morgan fingerprint density at radius 3 is 2.60 bits per heavy atom. The van der Waals surface area contributed by atoms with Crippen molar-refractivity contribution in [2.45, 2.75) is 12.8 Å². The Morgan fingerprint density at radius 1 is 1.35 bits per heavy atom. The molecule has 20 heavy (non-hydrogen) atoms. The van der Waals surface area contributed by atoms with Crippen LogP contribution in [0.3, 0.4) is 0 Å². The maximum atomic E-state index is 13.7. The van der Waals surface area contributed by atoms with Crippen molar-refractivity contribution in [3.63, 3.8) is 0 Å². The highest BCUT2D eigenvalue weighted by molar-refractivity contribution is 9.10. The van der Waals surface area contributed by atoms with E-state index in [0.29, 0.717) is 30.4 Å². The van der Waals surface area contributed by atoms with E-state index in [4.69, 9.17) is 0 Å². The van der Waals surface area contributed by atoms with Crippen LogP contribution in [-0.2, 0) is 4.79 Å².